The number of nitrogens with one attached hydrogen (secondary N) is 1. The van der Waals surface area contributed by atoms with E-state index in [1.54, 1.807) is 48.5 Å². The summed E-state index contributed by atoms with van der Waals surface area (Å²) < 4.78 is 5.72. The summed E-state index contributed by atoms with van der Waals surface area (Å²) >= 11 is 0. The molecule has 2 aromatic carbocycles. The van der Waals surface area contributed by atoms with Crippen molar-refractivity contribution in [3.63, 3.8) is 0 Å². The van der Waals surface area contributed by atoms with E-state index >= 15 is 0 Å². The van der Waals surface area contributed by atoms with Gasteiger partial charge in [-0.2, -0.15) is 0 Å². The zero-order valence-corrected chi connectivity index (χ0v) is 15.9. The highest BCUT2D eigenvalue weighted by atomic mass is 16.5. The first kappa shape index (κ1) is 20.5. The molecule has 2 aromatic rings. The van der Waals surface area contributed by atoms with Gasteiger partial charge >= 0.3 is 0 Å². The molecule has 2 rings (SSSR count). The van der Waals surface area contributed by atoms with Gasteiger partial charge in [0.25, 0.3) is 5.91 Å². The molecular formula is C21H27N3O3. The van der Waals surface area contributed by atoms with E-state index in [1.165, 1.54) is 0 Å². The topological polar surface area (TPSA) is 84.7 Å². The maximum Gasteiger partial charge on any atom is 0.252 e. The standard InChI is InChI=1S/C21H27N3O3/c1-3-24(4-2)14-15-27-18-12-10-17(11-13-18)21(26)23-19(20(22)25)16-8-6-5-7-9-16/h5-13,19H,3-4,14-15H2,1-2H3,(H2,22,25)(H,23,26). The highest BCUT2D eigenvalue weighted by molar-refractivity contribution is 5.97. The van der Waals surface area contributed by atoms with Crippen molar-refractivity contribution in [1.82, 2.24) is 10.2 Å². The molecule has 0 aliphatic rings. The Labute approximate surface area is 160 Å². The van der Waals surface area contributed by atoms with Crippen LogP contribution in [0.1, 0.15) is 35.8 Å². The van der Waals surface area contributed by atoms with Gasteiger partial charge in [0.05, 0.1) is 0 Å². The molecule has 0 aliphatic heterocycles. The van der Waals surface area contributed by atoms with E-state index in [0.717, 1.165) is 19.6 Å². The van der Waals surface area contributed by atoms with Crippen LogP contribution in [-0.2, 0) is 4.79 Å². The van der Waals surface area contributed by atoms with Gasteiger partial charge in [-0.15, -0.1) is 0 Å². The third-order valence-corrected chi connectivity index (χ3v) is 4.38. The number of rotatable bonds is 10. The van der Waals surface area contributed by atoms with Crippen LogP contribution in [0.2, 0.25) is 0 Å². The number of amides is 2. The summed E-state index contributed by atoms with van der Waals surface area (Å²) in [5, 5.41) is 2.68. The Kier molecular flexibility index (Phi) is 7.82. The zero-order chi connectivity index (χ0) is 19.6. The molecule has 0 saturated heterocycles. The second-order valence-electron chi connectivity index (χ2n) is 6.12. The Morgan fingerprint density at radius 1 is 1.04 bits per heavy atom. The summed E-state index contributed by atoms with van der Waals surface area (Å²) in [5.41, 5.74) is 6.53. The lowest BCUT2D eigenvalue weighted by Gasteiger charge is -2.18. The summed E-state index contributed by atoms with van der Waals surface area (Å²) in [4.78, 5) is 26.5. The van der Waals surface area contributed by atoms with Gasteiger partial charge < -0.3 is 20.7 Å². The first-order chi connectivity index (χ1) is 13.0. The van der Waals surface area contributed by atoms with E-state index < -0.39 is 11.9 Å². The Hall–Kier alpha value is -2.86. The normalized spacial score (nSPS) is 11.8. The predicted molar refractivity (Wildman–Crippen MR) is 106 cm³/mol. The van der Waals surface area contributed by atoms with Crippen LogP contribution >= 0.6 is 0 Å². The molecule has 6 heteroatoms. The Morgan fingerprint density at radius 3 is 2.22 bits per heavy atom. The molecule has 0 spiro atoms. The molecule has 0 radical (unpaired) electrons. The Bertz CT molecular complexity index is 728. The number of nitrogens with zero attached hydrogens (tertiary/aromatic N) is 1. The fourth-order valence-electron chi connectivity index (χ4n) is 2.71. The lowest BCUT2D eigenvalue weighted by molar-refractivity contribution is -0.120. The number of hydrogen-bond donors (Lipinski definition) is 2. The summed E-state index contributed by atoms with van der Waals surface area (Å²) in [7, 11) is 0. The van der Waals surface area contributed by atoms with Crippen LogP contribution in [0.4, 0.5) is 0 Å². The number of nitrogens with two attached hydrogens (primary N) is 1. The van der Waals surface area contributed by atoms with Crippen molar-refractivity contribution in [3.8, 4) is 5.75 Å². The Morgan fingerprint density at radius 2 is 1.67 bits per heavy atom. The van der Waals surface area contributed by atoms with Crippen LogP contribution < -0.4 is 15.8 Å². The largest absolute Gasteiger partial charge is 0.492 e. The number of ether oxygens (including phenoxy) is 1. The van der Waals surface area contributed by atoms with Crippen molar-refractivity contribution >= 4 is 11.8 Å². The van der Waals surface area contributed by atoms with Gasteiger partial charge in [0.2, 0.25) is 5.91 Å². The van der Waals surface area contributed by atoms with Crippen molar-refractivity contribution in [3.05, 3.63) is 65.7 Å². The minimum atomic E-state index is -0.872. The average molecular weight is 369 g/mol. The molecule has 0 aromatic heterocycles. The second-order valence-corrected chi connectivity index (χ2v) is 6.12. The average Bonchev–Trinajstić information content (AvgIpc) is 2.70. The molecule has 0 heterocycles. The fraction of sp³-hybridized carbons (Fsp3) is 0.333. The molecule has 0 aliphatic carbocycles. The van der Waals surface area contributed by atoms with Crippen LogP contribution in [0, 0.1) is 0 Å². The SMILES string of the molecule is CCN(CC)CCOc1ccc(C(=O)NC(C(N)=O)c2ccccc2)cc1. The number of carbonyl (C=O) groups is 2. The molecule has 1 atom stereocenters. The number of carbonyl (C=O) groups excluding carboxylic acids is 2. The predicted octanol–water partition coefficient (Wildman–Crippen LogP) is 2.36. The molecule has 0 fully saturated rings. The molecule has 144 valence electrons. The van der Waals surface area contributed by atoms with E-state index in [4.69, 9.17) is 10.5 Å². The number of primary amides is 1. The quantitative estimate of drug-likeness (QED) is 0.673. The van der Waals surface area contributed by atoms with Crippen molar-refractivity contribution in [2.75, 3.05) is 26.2 Å². The highest BCUT2D eigenvalue weighted by Crippen LogP contribution is 2.15. The summed E-state index contributed by atoms with van der Waals surface area (Å²) in [6.07, 6.45) is 0. The lowest BCUT2D eigenvalue weighted by atomic mass is 10.1. The smallest absolute Gasteiger partial charge is 0.252 e. The van der Waals surface area contributed by atoms with Crippen LogP contribution in [0.15, 0.2) is 54.6 Å². The third kappa shape index (κ3) is 6.11. The first-order valence-corrected chi connectivity index (χ1v) is 9.15. The minimum absolute atomic E-state index is 0.364. The van der Waals surface area contributed by atoms with Gasteiger partial charge in [0.1, 0.15) is 18.4 Å². The molecular weight excluding hydrogens is 342 g/mol. The van der Waals surface area contributed by atoms with E-state index in [1.807, 2.05) is 6.07 Å². The summed E-state index contributed by atoms with van der Waals surface area (Å²) in [6.45, 7) is 7.65. The summed E-state index contributed by atoms with van der Waals surface area (Å²) in [6, 6.07) is 14.9. The van der Waals surface area contributed by atoms with Crippen LogP contribution in [0.25, 0.3) is 0 Å². The number of hydrogen-bond acceptors (Lipinski definition) is 4. The van der Waals surface area contributed by atoms with Crippen molar-refractivity contribution in [2.24, 2.45) is 5.73 Å². The molecule has 6 nitrogen and oxygen atoms in total. The van der Waals surface area contributed by atoms with Crippen LogP contribution in [-0.4, -0.2) is 43.0 Å². The van der Waals surface area contributed by atoms with Crippen molar-refractivity contribution in [1.29, 1.82) is 0 Å². The highest BCUT2D eigenvalue weighted by Gasteiger charge is 2.20. The zero-order valence-electron chi connectivity index (χ0n) is 15.9. The Balaban J connectivity index is 1.95. The van der Waals surface area contributed by atoms with Gasteiger partial charge in [-0.05, 0) is 42.9 Å². The molecule has 0 bridgehead atoms. The molecule has 0 saturated carbocycles. The van der Waals surface area contributed by atoms with Crippen LogP contribution in [0.5, 0.6) is 5.75 Å². The monoisotopic (exact) mass is 369 g/mol. The van der Waals surface area contributed by atoms with Gasteiger partial charge in [-0.3, -0.25) is 9.59 Å². The number of likely N-dealkylation sites (N-methyl/N-ethyl adjacent to an activating group) is 1. The number of benzene rings is 2. The molecule has 3 N–H and O–H groups in total. The van der Waals surface area contributed by atoms with Crippen molar-refractivity contribution in [2.45, 2.75) is 19.9 Å². The van der Waals surface area contributed by atoms with Gasteiger partial charge in [-0.1, -0.05) is 44.2 Å². The van der Waals surface area contributed by atoms with Gasteiger partial charge in [0, 0.05) is 12.1 Å². The van der Waals surface area contributed by atoms with E-state index in [9.17, 15) is 9.59 Å². The van der Waals surface area contributed by atoms with E-state index in [-0.39, 0.29) is 5.91 Å². The fourth-order valence-corrected chi connectivity index (χ4v) is 2.71. The third-order valence-electron chi connectivity index (χ3n) is 4.38. The second kappa shape index (κ2) is 10.3. The van der Waals surface area contributed by atoms with E-state index in [0.29, 0.717) is 23.5 Å². The maximum atomic E-state index is 12.5. The van der Waals surface area contributed by atoms with Crippen molar-refractivity contribution < 1.29 is 14.3 Å². The van der Waals surface area contributed by atoms with Crippen LogP contribution in [0.3, 0.4) is 0 Å². The summed E-state index contributed by atoms with van der Waals surface area (Å²) in [5.74, 6) is -0.267. The van der Waals surface area contributed by atoms with Gasteiger partial charge in [0.15, 0.2) is 0 Å². The molecule has 1 unspecified atom stereocenters. The minimum Gasteiger partial charge on any atom is -0.492 e. The van der Waals surface area contributed by atoms with E-state index in [2.05, 4.69) is 24.1 Å². The lowest BCUT2D eigenvalue weighted by Crippen LogP contribution is -2.37. The maximum absolute atomic E-state index is 12.5. The first-order valence-electron chi connectivity index (χ1n) is 9.15. The van der Waals surface area contributed by atoms with Gasteiger partial charge in [-0.25, -0.2) is 0 Å². The molecule has 27 heavy (non-hydrogen) atoms. The molecule has 2 amide bonds.